The van der Waals surface area contributed by atoms with Gasteiger partial charge in [0.05, 0.1) is 18.8 Å². The zero-order chi connectivity index (χ0) is 33.3. The first kappa shape index (κ1) is 33.2. The summed E-state index contributed by atoms with van der Waals surface area (Å²) in [5, 5.41) is 21.8. The lowest BCUT2D eigenvalue weighted by Crippen LogP contribution is -2.31. The number of oxazole rings is 1. The molecule has 3 N–H and O–H groups in total. The van der Waals surface area contributed by atoms with Gasteiger partial charge in [-0.05, 0) is 29.7 Å². The average Bonchev–Trinajstić information content (AvgIpc) is 3.56. The number of anilines is 1. The zero-order valence-corrected chi connectivity index (χ0v) is 27.0. The second kappa shape index (κ2) is 15.9. The SMILES string of the molecule is O=C(O)CCCC(=O)Nc1cccc([C@H]2O[C@@H](CSc3nc(-c4ccccc4)c(-c4ccccc4)o3)C[C@@H](c3ccc(CO)cc3)O2)c1. The molecule has 0 radical (unpaired) electrons. The van der Waals surface area contributed by atoms with Crippen molar-refractivity contribution in [2.24, 2.45) is 0 Å². The number of benzene rings is 4. The fourth-order valence-electron chi connectivity index (χ4n) is 5.51. The smallest absolute Gasteiger partial charge is 0.303 e. The fourth-order valence-corrected chi connectivity index (χ4v) is 6.35. The molecule has 0 aliphatic carbocycles. The summed E-state index contributed by atoms with van der Waals surface area (Å²) in [5.74, 6) is 0.0684. The molecule has 0 spiro atoms. The van der Waals surface area contributed by atoms with Crippen molar-refractivity contribution in [1.29, 1.82) is 0 Å². The highest BCUT2D eigenvalue weighted by molar-refractivity contribution is 7.99. The van der Waals surface area contributed by atoms with E-state index in [4.69, 9.17) is 24.0 Å². The minimum absolute atomic E-state index is 0.0439. The topological polar surface area (TPSA) is 131 Å². The van der Waals surface area contributed by atoms with Crippen molar-refractivity contribution in [3.8, 4) is 22.6 Å². The molecule has 3 atom stereocenters. The van der Waals surface area contributed by atoms with Gasteiger partial charge in [-0.2, -0.15) is 0 Å². The Morgan fingerprint density at radius 3 is 2.27 bits per heavy atom. The van der Waals surface area contributed by atoms with Gasteiger partial charge in [-0.25, -0.2) is 4.98 Å². The highest BCUT2D eigenvalue weighted by atomic mass is 32.2. The van der Waals surface area contributed by atoms with Crippen LogP contribution in [0.15, 0.2) is 119 Å². The first-order chi connectivity index (χ1) is 23.4. The van der Waals surface area contributed by atoms with Crippen molar-refractivity contribution in [3.63, 3.8) is 0 Å². The molecule has 6 rings (SSSR count). The number of ether oxygens (including phenoxy) is 2. The predicted octanol–water partition coefficient (Wildman–Crippen LogP) is 8.03. The van der Waals surface area contributed by atoms with E-state index < -0.39 is 12.3 Å². The van der Waals surface area contributed by atoms with Crippen molar-refractivity contribution >= 4 is 29.3 Å². The number of carboxylic acids is 1. The molecule has 0 bridgehead atoms. The summed E-state index contributed by atoms with van der Waals surface area (Å²) in [5.41, 5.74) is 5.77. The van der Waals surface area contributed by atoms with Crippen LogP contribution in [0.25, 0.3) is 22.6 Å². The van der Waals surface area contributed by atoms with Crippen molar-refractivity contribution < 1.29 is 33.7 Å². The molecule has 246 valence electrons. The lowest BCUT2D eigenvalue weighted by molar-refractivity contribution is -0.245. The molecule has 1 aliphatic rings. The van der Waals surface area contributed by atoms with Crippen LogP contribution in [0.4, 0.5) is 5.69 Å². The maximum atomic E-state index is 12.4. The molecule has 1 aliphatic heterocycles. The predicted molar refractivity (Wildman–Crippen MR) is 183 cm³/mol. The number of amides is 1. The first-order valence-electron chi connectivity index (χ1n) is 15.8. The van der Waals surface area contributed by atoms with Crippen LogP contribution in [0.3, 0.4) is 0 Å². The Labute approximate surface area is 282 Å². The van der Waals surface area contributed by atoms with Crippen LogP contribution in [0.1, 0.15) is 54.8 Å². The van der Waals surface area contributed by atoms with Crippen LogP contribution >= 0.6 is 11.8 Å². The van der Waals surface area contributed by atoms with Crippen LogP contribution in [-0.4, -0.2) is 38.9 Å². The third-order valence-corrected chi connectivity index (χ3v) is 8.90. The number of hydrogen-bond donors (Lipinski definition) is 3. The van der Waals surface area contributed by atoms with Gasteiger partial charge in [-0.3, -0.25) is 9.59 Å². The van der Waals surface area contributed by atoms with E-state index in [1.165, 1.54) is 11.8 Å². The normalized spacial score (nSPS) is 17.6. The van der Waals surface area contributed by atoms with Gasteiger partial charge < -0.3 is 29.4 Å². The van der Waals surface area contributed by atoms with Gasteiger partial charge in [0.2, 0.25) is 5.91 Å². The molecule has 1 fully saturated rings. The summed E-state index contributed by atoms with van der Waals surface area (Å²) in [7, 11) is 0. The highest BCUT2D eigenvalue weighted by Crippen LogP contribution is 2.41. The maximum absolute atomic E-state index is 12.4. The highest BCUT2D eigenvalue weighted by Gasteiger charge is 2.33. The summed E-state index contributed by atoms with van der Waals surface area (Å²) in [6.45, 7) is -0.0439. The lowest BCUT2D eigenvalue weighted by Gasteiger charge is -2.36. The monoisotopic (exact) mass is 664 g/mol. The number of hydrogen-bond acceptors (Lipinski definition) is 8. The fraction of sp³-hybridized carbons (Fsp3) is 0.237. The van der Waals surface area contributed by atoms with Gasteiger partial charge in [0.15, 0.2) is 12.1 Å². The lowest BCUT2D eigenvalue weighted by atomic mass is 10.0. The Bertz CT molecular complexity index is 1760. The average molecular weight is 665 g/mol. The van der Waals surface area contributed by atoms with E-state index in [2.05, 4.69) is 5.32 Å². The number of rotatable bonds is 13. The largest absolute Gasteiger partial charge is 0.481 e. The number of nitrogens with one attached hydrogen (secondary N) is 1. The molecule has 1 amide bonds. The van der Waals surface area contributed by atoms with E-state index >= 15 is 0 Å². The number of aliphatic carboxylic acids is 1. The van der Waals surface area contributed by atoms with E-state index in [1.54, 1.807) is 6.07 Å². The molecule has 0 saturated carbocycles. The molecule has 1 aromatic heterocycles. The Kier molecular flexibility index (Phi) is 11.0. The summed E-state index contributed by atoms with van der Waals surface area (Å²) in [6, 6.07) is 34.9. The van der Waals surface area contributed by atoms with E-state index in [0.29, 0.717) is 28.8 Å². The number of carbonyl (C=O) groups is 2. The standard InChI is InChI=1S/C38H36N2O7S/c41-23-25-17-19-26(20-18-25)32-22-31(45-37(46-32)29-13-7-14-30(21-29)39-33(42)15-8-16-34(43)44)24-48-38-40-35(27-9-3-1-4-10-27)36(47-38)28-11-5-2-6-12-28/h1-7,9-14,17-21,31-32,37,41H,8,15-16,22-24H2,(H,39,42)(H,43,44)/t31-,32+,37+/m1/s1. The van der Waals surface area contributed by atoms with Crippen LogP contribution in [0.5, 0.6) is 0 Å². The first-order valence-corrected chi connectivity index (χ1v) is 16.8. The Morgan fingerprint density at radius 1 is 0.833 bits per heavy atom. The number of aliphatic hydroxyl groups is 1. The van der Waals surface area contributed by atoms with Crippen molar-refractivity contribution in [2.75, 3.05) is 11.1 Å². The molecular weight excluding hydrogens is 628 g/mol. The van der Waals surface area contributed by atoms with Gasteiger partial charge in [0, 0.05) is 47.4 Å². The molecule has 5 aromatic rings. The minimum Gasteiger partial charge on any atom is -0.481 e. The molecule has 9 nitrogen and oxygen atoms in total. The van der Waals surface area contributed by atoms with Crippen LogP contribution in [-0.2, 0) is 25.7 Å². The van der Waals surface area contributed by atoms with Crippen LogP contribution < -0.4 is 5.32 Å². The Morgan fingerprint density at radius 2 is 1.56 bits per heavy atom. The van der Waals surface area contributed by atoms with Gasteiger partial charge >= 0.3 is 5.97 Å². The number of thioether (sulfide) groups is 1. The molecule has 4 aromatic carbocycles. The number of carbonyl (C=O) groups excluding carboxylic acids is 1. The summed E-state index contributed by atoms with van der Waals surface area (Å²) in [4.78, 5) is 28.2. The van der Waals surface area contributed by atoms with Crippen molar-refractivity contribution in [1.82, 2.24) is 4.98 Å². The molecule has 0 unspecified atom stereocenters. The zero-order valence-electron chi connectivity index (χ0n) is 26.2. The van der Waals surface area contributed by atoms with Crippen LogP contribution in [0.2, 0.25) is 0 Å². The van der Waals surface area contributed by atoms with Crippen molar-refractivity contribution in [2.45, 2.75) is 56.0 Å². The Balaban J connectivity index is 1.21. The Hall–Kier alpha value is -4.74. The molecule has 48 heavy (non-hydrogen) atoms. The van der Waals surface area contributed by atoms with Gasteiger partial charge in [-0.1, -0.05) is 109 Å². The van der Waals surface area contributed by atoms with Crippen LogP contribution in [0, 0.1) is 0 Å². The second-order valence-electron chi connectivity index (χ2n) is 11.5. The van der Waals surface area contributed by atoms with E-state index in [1.807, 2.05) is 103 Å². The van der Waals surface area contributed by atoms with Gasteiger partial charge in [0.1, 0.15) is 5.69 Å². The summed E-state index contributed by atoms with van der Waals surface area (Å²) < 4.78 is 19.4. The molecular formula is C38H36N2O7S. The number of aromatic nitrogens is 1. The third kappa shape index (κ3) is 8.59. The minimum atomic E-state index is -0.930. The van der Waals surface area contributed by atoms with E-state index in [0.717, 1.165) is 33.5 Å². The van der Waals surface area contributed by atoms with E-state index in [-0.39, 0.29) is 44.0 Å². The number of carboxylic acid groups (broad SMARTS) is 1. The van der Waals surface area contributed by atoms with Gasteiger partial charge in [-0.15, -0.1) is 0 Å². The quantitative estimate of drug-likeness (QED) is 0.107. The molecule has 2 heterocycles. The number of nitrogens with zero attached hydrogens (tertiary/aromatic N) is 1. The maximum Gasteiger partial charge on any atom is 0.303 e. The summed E-state index contributed by atoms with van der Waals surface area (Å²) >= 11 is 1.48. The second-order valence-corrected chi connectivity index (χ2v) is 12.4. The summed E-state index contributed by atoms with van der Waals surface area (Å²) in [6.07, 6.45) is -0.364. The van der Waals surface area contributed by atoms with E-state index in [9.17, 15) is 14.7 Å². The third-order valence-electron chi connectivity index (χ3n) is 7.94. The van der Waals surface area contributed by atoms with Gasteiger partial charge in [0.25, 0.3) is 5.22 Å². The molecule has 1 saturated heterocycles. The van der Waals surface area contributed by atoms with Crippen molar-refractivity contribution in [3.05, 3.63) is 126 Å². The molecule has 10 heteroatoms. The number of aliphatic hydroxyl groups excluding tert-OH is 1.